The number of carbonyl (C=O) groups excluding carboxylic acids is 1. The summed E-state index contributed by atoms with van der Waals surface area (Å²) in [5.74, 6) is -0.793. The summed E-state index contributed by atoms with van der Waals surface area (Å²) in [6.45, 7) is 1.32. The van der Waals surface area contributed by atoms with Crippen LogP contribution in [0.3, 0.4) is 0 Å². The number of Topliss-reactive ketones (excluding diaryl/α,β-unsaturated/α-hetero) is 1. The maximum Gasteiger partial charge on any atom is 0.388 e. The van der Waals surface area contributed by atoms with Crippen molar-refractivity contribution in [1.82, 2.24) is 4.98 Å². The average molecular weight is 231 g/mol. The molecule has 6 nitrogen and oxygen atoms in total. The number of nitrogens with zero attached hydrogens (tertiary/aromatic N) is 2. The molecule has 0 atom stereocenters. The van der Waals surface area contributed by atoms with E-state index >= 15 is 0 Å². The molecule has 0 saturated heterocycles. The number of anilines is 1. The van der Waals surface area contributed by atoms with Gasteiger partial charge in [0.05, 0.1) is 5.56 Å². The third-order valence-corrected chi connectivity index (χ3v) is 2.43. The minimum Gasteiger partial charge on any atom is -0.391 e. The predicted octanol–water partition coefficient (Wildman–Crippen LogP) is 1.93. The highest BCUT2D eigenvalue weighted by atomic mass is 16.6. The SMILES string of the molecule is CC(=O)c1c(N)c([N+](=O)[O-])nc2ccccc12. The summed E-state index contributed by atoms with van der Waals surface area (Å²) in [5.41, 5.74) is 5.99. The average Bonchev–Trinajstić information content (AvgIpc) is 2.27. The molecule has 0 aliphatic rings. The Labute approximate surface area is 96.2 Å². The van der Waals surface area contributed by atoms with Crippen molar-refractivity contribution in [3.63, 3.8) is 0 Å². The molecule has 6 heteroatoms. The van der Waals surface area contributed by atoms with E-state index in [-0.39, 0.29) is 17.0 Å². The van der Waals surface area contributed by atoms with Gasteiger partial charge < -0.3 is 15.8 Å². The quantitative estimate of drug-likeness (QED) is 0.483. The Hall–Kier alpha value is -2.50. The number of carbonyl (C=O) groups is 1. The number of para-hydroxylation sites is 1. The van der Waals surface area contributed by atoms with E-state index in [4.69, 9.17) is 5.73 Å². The summed E-state index contributed by atoms with van der Waals surface area (Å²) >= 11 is 0. The highest BCUT2D eigenvalue weighted by Crippen LogP contribution is 2.30. The minimum absolute atomic E-state index is 0.155. The van der Waals surface area contributed by atoms with Crippen molar-refractivity contribution in [2.75, 3.05) is 5.73 Å². The van der Waals surface area contributed by atoms with E-state index < -0.39 is 10.7 Å². The number of nitro groups is 1. The third-order valence-electron chi connectivity index (χ3n) is 2.43. The number of hydrogen-bond donors (Lipinski definition) is 1. The smallest absolute Gasteiger partial charge is 0.388 e. The largest absolute Gasteiger partial charge is 0.391 e. The van der Waals surface area contributed by atoms with E-state index in [0.717, 1.165) is 0 Å². The van der Waals surface area contributed by atoms with Crippen molar-refractivity contribution >= 4 is 28.2 Å². The van der Waals surface area contributed by atoms with Gasteiger partial charge in [0.1, 0.15) is 5.69 Å². The topological polar surface area (TPSA) is 99.1 Å². The van der Waals surface area contributed by atoms with Gasteiger partial charge in [-0.05, 0) is 29.0 Å². The van der Waals surface area contributed by atoms with Gasteiger partial charge >= 0.3 is 5.82 Å². The Morgan fingerprint density at radius 2 is 2.06 bits per heavy atom. The summed E-state index contributed by atoms with van der Waals surface area (Å²) in [7, 11) is 0. The molecule has 2 rings (SSSR count). The number of rotatable bonds is 2. The first-order chi connectivity index (χ1) is 8.02. The van der Waals surface area contributed by atoms with E-state index in [1.165, 1.54) is 6.92 Å². The Bertz CT molecular complexity index is 637. The molecule has 1 aromatic heterocycles. The van der Waals surface area contributed by atoms with Crippen molar-refractivity contribution in [3.8, 4) is 0 Å². The van der Waals surface area contributed by atoms with Crippen molar-refractivity contribution in [2.24, 2.45) is 0 Å². The van der Waals surface area contributed by atoms with E-state index in [1.807, 2.05) is 0 Å². The number of nitrogen functional groups attached to an aromatic ring is 1. The predicted molar refractivity (Wildman–Crippen MR) is 62.8 cm³/mol. The second-order valence-electron chi connectivity index (χ2n) is 3.55. The van der Waals surface area contributed by atoms with Crippen LogP contribution in [0.5, 0.6) is 0 Å². The van der Waals surface area contributed by atoms with E-state index in [2.05, 4.69) is 4.98 Å². The lowest BCUT2D eigenvalue weighted by atomic mass is 10.0. The zero-order valence-electron chi connectivity index (χ0n) is 9.01. The fourth-order valence-electron chi connectivity index (χ4n) is 1.73. The van der Waals surface area contributed by atoms with Crippen molar-refractivity contribution in [2.45, 2.75) is 6.92 Å². The fraction of sp³-hybridized carbons (Fsp3) is 0.0909. The molecule has 0 saturated carbocycles. The fourth-order valence-corrected chi connectivity index (χ4v) is 1.73. The van der Waals surface area contributed by atoms with Gasteiger partial charge in [0.25, 0.3) is 0 Å². The first kappa shape index (κ1) is 11.0. The standard InChI is InChI=1S/C11H9N3O3/c1-6(15)9-7-4-2-3-5-8(7)13-11(10(9)12)14(16)17/h2-5H,12H2,1H3. The Kier molecular flexibility index (Phi) is 2.47. The molecular formula is C11H9N3O3. The van der Waals surface area contributed by atoms with Crippen LogP contribution in [0.15, 0.2) is 24.3 Å². The van der Waals surface area contributed by atoms with Gasteiger partial charge in [0, 0.05) is 5.39 Å². The molecule has 17 heavy (non-hydrogen) atoms. The van der Waals surface area contributed by atoms with Crippen LogP contribution in [0.4, 0.5) is 11.5 Å². The number of nitrogens with two attached hydrogens (primary N) is 1. The van der Waals surface area contributed by atoms with Crippen LogP contribution in [0.25, 0.3) is 10.9 Å². The molecule has 1 aromatic carbocycles. The Morgan fingerprint density at radius 3 is 2.65 bits per heavy atom. The molecule has 0 radical (unpaired) electrons. The van der Waals surface area contributed by atoms with Crippen LogP contribution in [0.2, 0.25) is 0 Å². The maximum absolute atomic E-state index is 11.5. The summed E-state index contributed by atoms with van der Waals surface area (Å²) in [4.78, 5) is 25.5. The molecule has 0 bridgehead atoms. The molecule has 0 amide bonds. The van der Waals surface area contributed by atoms with Crippen LogP contribution in [0.1, 0.15) is 17.3 Å². The van der Waals surface area contributed by atoms with E-state index in [9.17, 15) is 14.9 Å². The van der Waals surface area contributed by atoms with Crippen LogP contribution in [0, 0.1) is 10.1 Å². The molecule has 2 aromatic rings. The summed E-state index contributed by atoms with van der Waals surface area (Å²) < 4.78 is 0. The van der Waals surface area contributed by atoms with Gasteiger partial charge in [-0.15, -0.1) is 0 Å². The molecule has 0 fully saturated rings. The van der Waals surface area contributed by atoms with Gasteiger partial charge in [-0.3, -0.25) is 4.79 Å². The van der Waals surface area contributed by atoms with Gasteiger partial charge in [-0.2, -0.15) is 0 Å². The van der Waals surface area contributed by atoms with Crippen LogP contribution in [-0.2, 0) is 0 Å². The Morgan fingerprint density at radius 1 is 1.41 bits per heavy atom. The molecule has 0 unspecified atom stereocenters. The molecule has 86 valence electrons. The van der Waals surface area contributed by atoms with Gasteiger partial charge in [-0.25, -0.2) is 0 Å². The number of benzene rings is 1. The van der Waals surface area contributed by atoms with Crippen LogP contribution >= 0.6 is 0 Å². The molecule has 1 heterocycles. The van der Waals surface area contributed by atoms with Crippen molar-refractivity contribution in [1.29, 1.82) is 0 Å². The van der Waals surface area contributed by atoms with E-state index in [0.29, 0.717) is 10.9 Å². The molecule has 0 aliphatic carbocycles. The van der Waals surface area contributed by atoms with Crippen molar-refractivity contribution in [3.05, 3.63) is 39.9 Å². The first-order valence-electron chi connectivity index (χ1n) is 4.86. The highest BCUT2D eigenvalue weighted by Gasteiger charge is 2.23. The minimum atomic E-state index is -0.686. The van der Waals surface area contributed by atoms with Gasteiger partial charge in [0.2, 0.25) is 0 Å². The second-order valence-corrected chi connectivity index (χ2v) is 3.55. The summed E-state index contributed by atoms with van der Waals surface area (Å²) in [6.07, 6.45) is 0. The van der Waals surface area contributed by atoms with Gasteiger partial charge in [-0.1, -0.05) is 12.1 Å². The number of pyridine rings is 1. The van der Waals surface area contributed by atoms with Crippen LogP contribution in [-0.4, -0.2) is 15.7 Å². The molecule has 0 spiro atoms. The maximum atomic E-state index is 11.5. The zero-order chi connectivity index (χ0) is 12.6. The molecule has 0 aliphatic heterocycles. The lowest BCUT2D eigenvalue weighted by Crippen LogP contribution is -2.07. The Balaban J connectivity index is 2.95. The third kappa shape index (κ3) is 1.69. The lowest BCUT2D eigenvalue weighted by molar-refractivity contribution is -0.388. The highest BCUT2D eigenvalue weighted by molar-refractivity contribution is 6.11. The normalized spacial score (nSPS) is 10.4. The monoisotopic (exact) mass is 231 g/mol. The van der Waals surface area contributed by atoms with E-state index in [1.54, 1.807) is 24.3 Å². The second kappa shape index (κ2) is 3.82. The molecule has 2 N–H and O–H groups in total. The number of fused-ring (bicyclic) bond motifs is 1. The lowest BCUT2D eigenvalue weighted by Gasteiger charge is -2.05. The van der Waals surface area contributed by atoms with Crippen molar-refractivity contribution < 1.29 is 9.72 Å². The number of ketones is 1. The molecular weight excluding hydrogens is 222 g/mol. The van der Waals surface area contributed by atoms with Gasteiger partial charge in [0.15, 0.2) is 11.3 Å². The first-order valence-corrected chi connectivity index (χ1v) is 4.86. The summed E-state index contributed by atoms with van der Waals surface area (Å²) in [5, 5.41) is 11.3. The van der Waals surface area contributed by atoms with Crippen LogP contribution < -0.4 is 5.73 Å². The number of aromatic nitrogens is 1. The zero-order valence-corrected chi connectivity index (χ0v) is 9.01. The number of hydrogen-bond acceptors (Lipinski definition) is 5. The summed E-state index contributed by atoms with van der Waals surface area (Å²) in [6, 6.07) is 6.69.